The maximum absolute atomic E-state index is 12.6. The van der Waals surface area contributed by atoms with Gasteiger partial charge in [0, 0.05) is 45.5 Å². The quantitative estimate of drug-likeness (QED) is 0.735. The van der Waals surface area contributed by atoms with Crippen molar-refractivity contribution in [3.05, 3.63) is 30.1 Å². The molecular weight excluding hydrogens is 320 g/mol. The molecule has 1 amide bonds. The molecule has 1 aromatic heterocycles. The molecule has 0 aromatic carbocycles. The molecule has 23 heavy (non-hydrogen) atoms. The fraction of sp³-hybridized carbons (Fsp3) is 0.571. The first kappa shape index (κ1) is 16.3. The van der Waals surface area contributed by atoms with Crippen molar-refractivity contribution in [1.29, 1.82) is 0 Å². The molecule has 0 N–H and O–H groups in total. The SMILES string of the molecule is O=C(c1ccccn1)N1CCN(S(=O)(=O)N2CCOCC2)CC1. The molecule has 0 unspecified atom stereocenters. The van der Waals surface area contributed by atoms with E-state index in [2.05, 4.69) is 4.98 Å². The lowest BCUT2D eigenvalue weighted by atomic mass is 10.3. The van der Waals surface area contributed by atoms with Crippen LogP contribution in [0, 0.1) is 0 Å². The van der Waals surface area contributed by atoms with Gasteiger partial charge in [-0.1, -0.05) is 6.07 Å². The Labute approximate surface area is 135 Å². The van der Waals surface area contributed by atoms with Crippen molar-refractivity contribution in [3.63, 3.8) is 0 Å². The molecule has 3 heterocycles. The van der Waals surface area contributed by atoms with Crippen LogP contribution in [0.2, 0.25) is 0 Å². The number of aromatic nitrogens is 1. The van der Waals surface area contributed by atoms with E-state index in [1.165, 1.54) is 8.61 Å². The molecular formula is C14H20N4O4S. The summed E-state index contributed by atoms with van der Waals surface area (Å²) in [5.74, 6) is -0.158. The van der Waals surface area contributed by atoms with Gasteiger partial charge in [-0.3, -0.25) is 9.78 Å². The van der Waals surface area contributed by atoms with Gasteiger partial charge in [-0.05, 0) is 12.1 Å². The van der Waals surface area contributed by atoms with Crippen LogP contribution in [0.5, 0.6) is 0 Å². The number of amides is 1. The van der Waals surface area contributed by atoms with Gasteiger partial charge in [0.2, 0.25) is 0 Å². The summed E-state index contributed by atoms with van der Waals surface area (Å²) < 4.78 is 33.2. The number of hydrogen-bond donors (Lipinski definition) is 0. The van der Waals surface area contributed by atoms with Crippen LogP contribution < -0.4 is 0 Å². The lowest BCUT2D eigenvalue weighted by molar-refractivity contribution is 0.0633. The van der Waals surface area contributed by atoms with Gasteiger partial charge in [0.15, 0.2) is 0 Å². The summed E-state index contributed by atoms with van der Waals surface area (Å²) in [7, 11) is -3.47. The average molecular weight is 340 g/mol. The fourth-order valence-electron chi connectivity index (χ4n) is 2.71. The number of nitrogens with zero attached hydrogens (tertiary/aromatic N) is 4. The summed E-state index contributed by atoms with van der Waals surface area (Å²) in [6.45, 7) is 2.98. The lowest BCUT2D eigenvalue weighted by Gasteiger charge is -2.37. The molecule has 1 aromatic rings. The molecule has 126 valence electrons. The summed E-state index contributed by atoms with van der Waals surface area (Å²) in [5, 5.41) is 0. The maximum Gasteiger partial charge on any atom is 0.282 e. The lowest BCUT2D eigenvalue weighted by Crippen LogP contribution is -2.55. The molecule has 0 spiro atoms. The maximum atomic E-state index is 12.6. The van der Waals surface area contributed by atoms with Crippen LogP contribution >= 0.6 is 0 Å². The van der Waals surface area contributed by atoms with Gasteiger partial charge in [-0.25, -0.2) is 0 Å². The van der Waals surface area contributed by atoms with Crippen LogP contribution in [0.3, 0.4) is 0 Å². The van der Waals surface area contributed by atoms with E-state index in [-0.39, 0.29) is 5.91 Å². The summed E-state index contributed by atoms with van der Waals surface area (Å²) in [6.07, 6.45) is 1.58. The van der Waals surface area contributed by atoms with E-state index < -0.39 is 10.2 Å². The van der Waals surface area contributed by atoms with Crippen molar-refractivity contribution in [2.45, 2.75) is 0 Å². The first-order valence-electron chi connectivity index (χ1n) is 7.62. The summed E-state index contributed by atoms with van der Waals surface area (Å²) >= 11 is 0. The third-order valence-corrected chi connectivity index (χ3v) is 6.07. The van der Waals surface area contributed by atoms with Crippen LogP contribution in [0.4, 0.5) is 0 Å². The Morgan fingerprint density at radius 1 is 1.00 bits per heavy atom. The fourth-order valence-corrected chi connectivity index (χ4v) is 4.28. The molecule has 3 rings (SSSR count). The van der Waals surface area contributed by atoms with Crippen molar-refractivity contribution in [1.82, 2.24) is 18.5 Å². The first-order valence-corrected chi connectivity index (χ1v) is 9.02. The van der Waals surface area contributed by atoms with Crippen molar-refractivity contribution >= 4 is 16.1 Å². The smallest absolute Gasteiger partial charge is 0.282 e. The van der Waals surface area contributed by atoms with E-state index in [9.17, 15) is 13.2 Å². The number of carbonyl (C=O) groups is 1. The Morgan fingerprint density at radius 2 is 1.65 bits per heavy atom. The molecule has 2 aliphatic rings. The monoisotopic (exact) mass is 340 g/mol. The highest BCUT2D eigenvalue weighted by Crippen LogP contribution is 2.15. The Kier molecular flexibility index (Phi) is 4.90. The van der Waals surface area contributed by atoms with Crippen molar-refractivity contribution < 1.29 is 17.9 Å². The number of rotatable bonds is 3. The largest absolute Gasteiger partial charge is 0.379 e. The minimum absolute atomic E-state index is 0.158. The molecule has 0 radical (unpaired) electrons. The topological polar surface area (TPSA) is 83.1 Å². The predicted octanol–water partition coefficient (Wildman–Crippen LogP) is -0.584. The van der Waals surface area contributed by atoms with Gasteiger partial charge in [-0.15, -0.1) is 0 Å². The second-order valence-electron chi connectivity index (χ2n) is 5.43. The third-order valence-electron chi connectivity index (χ3n) is 4.03. The van der Waals surface area contributed by atoms with Gasteiger partial charge in [0.25, 0.3) is 16.1 Å². The van der Waals surface area contributed by atoms with Crippen LogP contribution in [0.25, 0.3) is 0 Å². The second kappa shape index (κ2) is 6.91. The van der Waals surface area contributed by atoms with E-state index in [0.717, 1.165) is 0 Å². The van der Waals surface area contributed by atoms with Crippen LogP contribution in [0.1, 0.15) is 10.5 Å². The molecule has 0 saturated carbocycles. The highest BCUT2D eigenvalue weighted by atomic mass is 32.2. The zero-order chi connectivity index (χ0) is 16.3. The standard InChI is InChI=1S/C14H20N4O4S/c19-14(13-3-1-2-4-15-13)16-5-7-17(8-6-16)23(20,21)18-9-11-22-12-10-18/h1-4H,5-12H2. The Hall–Kier alpha value is -1.55. The Morgan fingerprint density at radius 3 is 2.26 bits per heavy atom. The number of piperazine rings is 1. The van der Waals surface area contributed by atoms with E-state index in [1.54, 1.807) is 29.3 Å². The molecule has 8 nitrogen and oxygen atoms in total. The van der Waals surface area contributed by atoms with E-state index in [1.807, 2.05) is 0 Å². The normalized spacial score (nSPS) is 21.3. The molecule has 0 aliphatic carbocycles. The molecule has 0 atom stereocenters. The number of hydrogen-bond acceptors (Lipinski definition) is 5. The van der Waals surface area contributed by atoms with Gasteiger partial charge in [0.1, 0.15) is 5.69 Å². The molecule has 2 aliphatic heterocycles. The minimum Gasteiger partial charge on any atom is -0.379 e. The van der Waals surface area contributed by atoms with Crippen molar-refractivity contribution in [2.24, 2.45) is 0 Å². The zero-order valence-electron chi connectivity index (χ0n) is 12.8. The predicted molar refractivity (Wildman–Crippen MR) is 83.0 cm³/mol. The van der Waals surface area contributed by atoms with Crippen LogP contribution in [0.15, 0.2) is 24.4 Å². The van der Waals surface area contributed by atoms with Crippen LogP contribution in [-0.4, -0.2) is 85.3 Å². The first-order chi connectivity index (χ1) is 11.1. The van der Waals surface area contributed by atoms with Crippen LogP contribution in [-0.2, 0) is 14.9 Å². The molecule has 9 heteroatoms. The van der Waals surface area contributed by atoms with Gasteiger partial charge in [-0.2, -0.15) is 17.0 Å². The average Bonchev–Trinajstić information content (AvgIpc) is 2.63. The number of morpholine rings is 1. The zero-order valence-corrected chi connectivity index (χ0v) is 13.6. The van der Waals surface area contributed by atoms with Gasteiger partial charge >= 0.3 is 0 Å². The van der Waals surface area contributed by atoms with Crippen molar-refractivity contribution in [3.8, 4) is 0 Å². The third kappa shape index (κ3) is 3.52. The Bertz CT molecular complexity index is 638. The number of pyridine rings is 1. The van der Waals surface area contributed by atoms with E-state index >= 15 is 0 Å². The van der Waals surface area contributed by atoms with E-state index in [0.29, 0.717) is 58.2 Å². The van der Waals surface area contributed by atoms with Gasteiger partial charge in [0.05, 0.1) is 13.2 Å². The summed E-state index contributed by atoms with van der Waals surface area (Å²) in [5.41, 5.74) is 0.386. The minimum atomic E-state index is -3.47. The second-order valence-corrected chi connectivity index (χ2v) is 7.35. The summed E-state index contributed by atoms with van der Waals surface area (Å²) in [6, 6.07) is 5.18. The molecule has 2 fully saturated rings. The number of carbonyl (C=O) groups excluding carboxylic acids is 1. The van der Waals surface area contributed by atoms with Gasteiger partial charge < -0.3 is 9.64 Å². The highest BCUT2D eigenvalue weighted by Gasteiger charge is 2.34. The van der Waals surface area contributed by atoms with E-state index in [4.69, 9.17) is 4.74 Å². The Balaban J connectivity index is 1.61. The number of ether oxygens (including phenoxy) is 1. The highest BCUT2D eigenvalue weighted by molar-refractivity contribution is 7.86. The molecule has 2 saturated heterocycles. The molecule has 0 bridgehead atoms. The summed E-state index contributed by atoms with van der Waals surface area (Å²) in [4.78, 5) is 18.0. The van der Waals surface area contributed by atoms with Crippen molar-refractivity contribution in [2.75, 3.05) is 52.5 Å².